The molecule has 0 heterocycles. The smallest absolute Gasteiger partial charge is 0.0112 e. The highest BCUT2D eigenvalue weighted by molar-refractivity contribution is 5.26. The van der Waals surface area contributed by atoms with Crippen molar-refractivity contribution in [3.05, 3.63) is 47.6 Å². The lowest BCUT2D eigenvalue weighted by atomic mass is 10.0. The molecule has 0 aliphatic rings. The largest absolute Gasteiger partial charge is 0.327 e. The van der Waals surface area contributed by atoms with Crippen molar-refractivity contribution in [2.24, 2.45) is 11.7 Å². The van der Waals surface area contributed by atoms with E-state index in [4.69, 9.17) is 5.73 Å². The van der Waals surface area contributed by atoms with Crippen molar-refractivity contribution in [3.8, 4) is 0 Å². The van der Waals surface area contributed by atoms with Crippen LogP contribution in [0.1, 0.15) is 40.5 Å². The molecule has 0 bridgehead atoms. The van der Waals surface area contributed by atoms with Crippen LogP contribution in [0.3, 0.4) is 0 Å². The summed E-state index contributed by atoms with van der Waals surface area (Å²) in [6.45, 7) is 9.27. The molecule has 2 N–H and O–H groups in total. The van der Waals surface area contributed by atoms with Crippen LogP contribution in [0.2, 0.25) is 0 Å². The Morgan fingerprint density at radius 3 is 2.24 bits per heavy atom. The van der Waals surface area contributed by atoms with E-state index < -0.39 is 0 Å². The van der Waals surface area contributed by atoms with Gasteiger partial charge in [0.1, 0.15) is 0 Å². The van der Waals surface area contributed by atoms with Crippen molar-refractivity contribution >= 4 is 0 Å². The summed E-state index contributed by atoms with van der Waals surface area (Å²) in [6, 6.07) is 0. The van der Waals surface area contributed by atoms with E-state index in [1.807, 2.05) is 6.08 Å². The lowest BCUT2D eigenvalue weighted by Gasteiger charge is -2.04. The second-order valence-electron chi connectivity index (χ2n) is 4.39. The molecule has 0 rings (SSSR count). The topological polar surface area (TPSA) is 26.0 Å². The van der Waals surface area contributed by atoms with Gasteiger partial charge in [0.2, 0.25) is 0 Å². The minimum absolute atomic E-state index is 0.605. The molecule has 1 heteroatoms. The molecule has 0 saturated carbocycles. The highest BCUT2D eigenvalue weighted by Crippen LogP contribution is 2.10. The monoisotopic (exact) mass is 233 g/mol. The molecule has 0 aromatic heterocycles. The van der Waals surface area contributed by atoms with Crippen LogP contribution >= 0.6 is 0 Å². The summed E-state index contributed by atoms with van der Waals surface area (Å²) in [5, 5.41) is 0. The molecule has 0 fully saturated rings. The van der Waals surface area contributed by atoms with Gasteiger partial charge < -0.3 is 5.73 Å². The van der Waals surface area contributed by atoms with E-state index in [0.29, 0.717) is 12.5 Å². The van der Waals surface area contributed by atoms with E-state index in [9.17, 15) is 0 Å². The zero-order chi connectivity index (χ0) is 13.1. The van der Waals surface area contributed by atoms with E-state index in [1.165, 1.54) is 24.0 Å². The number of hydrogen-bond donors (Lipinski definition) is 1. The second kappa shape index (κ2) is 10.1. The van der Waals surface area contributed by atoms with Crippen molar-refractivity contribution in [1.82, 2.24) is 0 Å². The Morgan fingerprint density at radius 1 is 1.06 bits per heavy atom. The normalized spacial score (nSPS) is 14.5. The van der Waals surface area contributed by atoms with Gasteiger partial charge in [-0.1, -0.05) is 61.4 Å². The maximum atomic E-state index is 5.44. The van der Waals surface area contributed by atoms with Crippen molar-refractivity contribution < 1.29 is 0 Å². The van der Waals surface area contributed by atoms with E-state index >= 15 is 0 Å². The summed E-state index contributed by atoms with van der Waals surface area (Å²) in [5.74, 6) is 0.709. The summed E-state index contributed by atoms with van der Waals surface area (Å²) in [7, 11) is 0. The summed E-state index contributed by atoms with van der Waals surface area (Å²) < 4.78 is 0. The van der Waals surface area contributed by atoms with Gasteiger partial charge in [0.15, 0.2) is 0 Å². The van der Waals surface area contributed by atoms with Crippen LogP contribution in [0, 0.1) is 5.92 Å². The molecular formula is C16H27N. The quantitative estimate of drug-likeness (QED) is 0.649. The summed E-state index contributed by atoms with van der Waals surface area (Å²) in [6.07, 6.45) is 15.3. The van der Waals surface area contributed by atoms with Gasteiger partial charge in [-0.3, -0.25) is 0 Å². The first-order valence-corrected chi connectivity index (χ1v) is 6.54. The fourth-order valence-corrected chi connectivity index (χ4v) is 1.51. The van der Waals surface area contributed by atoms with Crippen molar-refractivity contribution in [3.63, 3.8) is 0 Å². The average Bonchev–Trinajstić information content (AvgIpc) is 2.30. The average molecular weight is 233 g/mol. The SMILES string of the molecule is CCC(C=CC(C)=CC=CC(C)=CCN)CC. The fraction of sp³-hybridized carbons (Fsp3) is 0.500. The number of nitrogens with two attached hydrogens (primary N) is 1. The van der Waals surface area contributed by atoms with Gasteiger partial charge >= 0.3 is 0 Å². The lowest BCUT2D eigenvalue weighted by Crippen LogP contribution is -1.93. The Balaban J connectivity index is 4.31. The third kappa shape index (κ3) is 8.70. The zero-order valence-electron chi connectivity index (χ0n) is 11.7. The number of hydrogen-bond acceptors (Lipinski definition) is 1. The Morgan fingerprint density at radius 2 is 1.71 bits per heavy atom. The van der Waals surface area contributed by atoms with Gasteiger partial charge in [-0.05, 0) is 32.6 Å². The van der Waals surface area contributed by atoms with Crippen LogP contribution in [0.25, 0.3) is 0 Å². The third-order valence-electron chi connectivity index (χ3n) is 2.84. The Labute approximate surface area is 107 Å². The Bertz CT molecular complexity index is 301. The maximum absolute atomic E-state index is 5.44. The third-order valence-corrected chi connectivity index (χ3v) is 2.84. The van der Waals surface area contributed by atoms with Crippen molar-refractivity contribution in [2.45, 2.75) is 40.5 Å². The first kappa shape index (κ1) is 15.9. The molecule has 17 heavy (non-hydrogen) atoms. The fourth-order valence-electron chi connectivity index (χ4n) is 1.51. The summed E-state index contributed by atoms with van der Waals surface area (Å²) in [4.78, 5) is 0. The maximum Gasteiger partial charge on any atom is 0.0112 e. The van der Waals surface area contributed by atoms with E-state index in [-0.39, 0.29) is 0 Å². The molecule has 0 amide bonds. The molecule has 0 aliphatic carbocycles. The van der Waals surface area contributed by atoms with Gasteiger partial charge in [-0.15, -0.1) is 0 Å². The molecule has 0 atom stereocenters. The molecule has 0 aromatic carbocycles. The van der Waals surface area contributed by atoms with Crippen LogP contribution in [0.15, 0.2) is 47.6 Å². The van der Waals surface area contributed by atoms with Gasteiger partial charge in [-0.2, -0.15) is 0 Å². The van der Waals surface area contributed by atoms with Gasteiger partial charge in [0, 0.05) is 6.54 Å². The Kier molecular flexibility index (Phi) is 9.46. The van der Waals surface area contributed by atoms with E-state index in [2.05, 4.69) is 58.1 Å². The van der Waals surface area contributed by atoms with Gasteiger partial charge in [-0.25, -0.2) is 0 Å². The van der Waals surface area contributed by atoms with Crippen LogP contribution < -0.4 is 5.73 Å². The molecule has 96 valence electrons. The molecule has 0 aliphatic heterocycles. The van der Waals surface area contributed by atoms with Crippen LogP contribution in [-0.4, -0.2) is 6.54 Å². The molecule has 0 saturated heterocycles. The van der Waals surface area contributed by atoms with Gasteiger partial charge in [0.05, 0.1) is 0 Å². The first-order chi connectivity index (χ1) is 8.13. The summed E-state index contributed by atoms with van der Waals surface area (Å²) in [5.41, 5.74) is 7.93. The minimum atomic E-state index is 0.605. The predicted octanol–water partition coefficient (Wildman–Crippen LogP) is 4.39. The van der Waals surface area contributed by atoms with Crippen molar-refractivity contribution in [1.29, 1.82) is 0 Å². The second-order valence-corrected chi connectivity index (χ2v) is 4.39. The Hall–Kier alpha value is -1.08. The lowest BCUT2D eigenvalue weighted by molar-refractivity contribution is 0.606. The van der Waals surface area contributed by atoms with E-state index in [1.54, 1.807) is 0 Å². The van der Waals surface area contributed by atoms with E-state index in [0.717, 1.165) is 0 Å². The first-order valence-electron chi connectivity index (χ1n) is 6.54. The standard InChI is InChI=1S/C16H27N/c1-5-16(6-2)11-10-14(3)8-7-9-15(4)12-13-17/h7-12,16H,5-6,13,17H2,1-4H3. The van der Waals surface area contributed by atoms with Crippen molar-refractivity contribution in [2.75, 3.05) is 6.54 Å². The van der Waals surface area contributed by atoms with Crippen LogP contribution in [0.4, 0.5) is 0 Å². The minimum Gasteiger partial charge on any atom is -0.327 e. The highest BCUT2D eigenvalue weighted by atomic mass is 14.5. The molecule has 0 unspecified atom stereocenters. The molecular weight excluding hydrogens is 206 g/mol. The molecule has 0 spiro atoms. The number of rotatable bonds is 7. The molecule has 0 radical (unpaired) electrons. The summed E-state index contributed by atoms with van der Waals surface area (Å²) >= 11 is 0. The van der Waals surface area contributed by atoms with Crippen LogP contribution in [0.5, 0.6) is 0 Å². The van der Waals surface area contributed by atoms with Gasteiger partial charge in [0.25, 0.3) is 0 Å². The zero-order valence-corrected chi connectivity index (χ0v) is 11.7. The molecule has 1 nitrogen and oxygen atoms in total. The number of allylic oxidation sites excluding steroid dienone is 7. The highest BCUT2D eigenvalue weighted by Gasteiger charge is 1.95. The van der Waals surface area contributed by atoms with Crippen LogP contribution in [-0.2, 0) is 0 Å². The predicted molar refractivity (Wildman–Crippen MR) is 78.9 cm³/mol. The molecule has 0 aromatic rings.